The SMILES string of the molecule is CC(=O)O[C@@H](C(=O)NCc1nc(Cc2ccccc2C)cs1)[C@@H](OC(C)=O)C(=O)N1CCCC1c1ccccc1. The zero-order chi connectivity index (χ0) is 28.6. The van der Waals surface area contributed by atoms with Crippen molar-refractivity contribution in [3.8, 4) is 0 Å². The van der Waals surface area contributed by atoms with Crippen molar-refractivity contribution < 1.29 is 28.7 Å². The Balaban J connectivity index is 1.49. The molecule has 1 aliphatic heterocycles. The van der Waals surface area contributed by atoms with Crippen LogP contribution in [0.5, 0.6) is 0 Å². The van der Waals surface area contributed by atoms with Crippen molar-refractivity contribution in [3.05, 3.63) is 87.4 Å². The van der Waals surface area contributed by atoms with Crippen LogP contribution in [0.2, 0.25) is 0 Å². The highest BCUT2D eigenvalue weighted by Crippen LogP contribution is 2.33. The normalized spacial score (nSPS) is 16.2. The van der Waals surface area contributed by atoms with Crippen molar-refractivity contribution in [2.75, 3.05) is 6.54 Å². The number of benzene rings is 2. The second-order valence-corrected chi connectivity index (χ2v) is 10.7. The summed E-state index contributed by atoms with van der Waals surface area (Å²) in [5.74, 6) is -2.88. The Kier molecular flexibility index (Phi) is 9.65. The Morgan fingerprint density at radius 3 is 2.38 bits per heavy atom. The van der Waals surface area contributed by atoms with Gasteiger partial charge in [0.15, 0.2) is 0 Å². The van der Waals surface area contributed by atoms with E-state index in [4.69, 9.17) is 9.47 Å². The zero-order valence-electron chi connectivity index (χ0n) is 22.8. The largest absolute Gasteiger partial charge is 0.448 e. The predicted octanol–water partition coefficient (Wildman–Crippen LogP) is 3.89. The summed E-state index contributed by atoms with van der Waals surface area (Å²) in [6.07, 6.45) is -1.15. The highest BCUT2D eigenvalue weighted by Gasteiger charge is 2.44. The summed E-state index contributed by atoms with van der Waals surface area (Å²) in [5, 5.41) is 5.29. The Morgan fingerprint density at radius 1 is 1.00 bits per heavy atom. The molecule has 4 rings (SSSR count). The highest BCUT2D eigenvalue weighted by atomic mass is 32.1. The number of rotatable bonds is 10. The number of aryl methyl sites for hydroxylation is 1. The molecule has 1 N–H and O–H groups in total. The molecule has 0 saturated carbocycles. The van der Waals surface area contributed by atoms with Gasteiger partial charge in [0.1, 0.15) is 5.01 Å². The molecule has 0 aliphatic carbocycles. The van der Waals surface area contributed by atoms with E-state index in [1.54, 1.807) is 4.90 Å². The van der Waals surface area contributed by atoms with Crippen LogP contribution in [0.3, 0.4) is 0 Å². The molecule has 1 fully saturated rings. The van der Waals surface area contributed by atoms with Gasteiger partial charge in [0.2, 0.25) is 12.2 Å². The minimum atomic E-state index is -1.66. The molecule has 40 heavy (non-hydrogen) atoms. The molecule has 1 saturated heterocycles. The first-order valence-corrected chi connectivity index (χ1v) is 14.1. The summed E-state index contributed by atoms with van der Waals surface area (Å²) < 4.78 is 10.6. The van der Waals surface area contributed by atoms with Crippen LogP contribution in [-0.4, -0.2) is 52.4 Å². The molecule has 1 unspecified atom stereocenters. The third-order valence-electron chi connectivity index (χ3n) is 6.73. The molecule has 1 aromatic heterocycles. The molecule has 10 heteroatoms. The van der Waals surface area contributed by atoms with Crippen LogP contribution in [0.15, 0.2) is 60.0 Å². The minimum absolute atomic E-state index is 0.0619. The third-order valence-corrected chi connectivity index (χ3v) is 7.63. The average molecular weight is 564 g/mol. The fourth-order valence-electron chi connectivity index (χ4n) is 4.85. The predicted molar refractivity (Wildman–Crippen MR) is 149 cm³/mol. The van der Waals surface area contributed by atoms with Crippen molar-refractivity contribution in [1.29, 1.82) is 0 Å². The van der Waals surface area contributed by atoms with E-state index in [1.165, 1.54) is 16.9 Å². The number of likely N-dealkylation sites (tertiary alicyclic amines) is 1. The summed E-state index contributed by atoms with van der Waals surface area (Å²) in [6.45, 7) is 4.81. The van der Waals surface area contributed by atoms with E-state index >= 15 is 0 Å². The molecule has 210 valence electrons. The first-order valence-electron chi connectivity index (χ1n) is 13.2. The smallest absolute Gasteiger partial charge is 0.303 e. The Bertz CT molecular complexity index is 1360. The summed E-state index contributed by atoms with van der Waals surface area (Å²) in [7, 11) is 0. The number of thiazole rings is 1. The molecular formula is C30H33N3O6S. The standard InChI is InChI=1S/C30H33N3O6S/c1-19-10-7-8-13-23(19)16-24-18-40-26(32-24)17-31-29(36)27(38-20(2)34)28(39-21(3)35)30(37)33-15-9-14-25(33)22-11-5-4-6-12-22/h4-8,10-13,18,25,27-28H,9,14-17H2,1-3H3,(H,31,36)/t25?,27-,28-/m1/s1. The molecule has 0 spiro atoms. The number of esters is 2. The van der Waals surface area contributed by atoms with Crippen LogP contribution in [0.1, 0.15) is 60.1 Å². The Hall–Kier alpha value is -4.05. The molecule has 9 nitrogen and oxygen atoms in total. The molecule has 2 aromatic carbocycles. The lowest BCUT2D eigenvalue weighted by Crippen LogP contribution is -2.53. The second kappa shape index (κ2) is 13.3. The molecule has 3 atom stereocenters. The van der Waals surface area contributed by atoms with E-state index in [2.05, 4.69) is 16.4 Å². The van der Waals surface area contributed by atoms with Gasteiger partial charge in [0.05, 0.1) is 18.3 Å². The molecular weight excluding hydrogens is 530 g/mol. The van der Waals surface area contributed by atoms with Gasteiger partial charge in [-0.05, 0) is 36.5 Å². The van der Waals surface area contributed by atoms with E-state index in [1.807, 2.05) is 60.8 Å². The fourth-order valence-corrected chi connectivity index (χ4v) is 5.58. The summed E-state index contributed by atoms with van der Waals surface area (Å²) in [4.78, 5) is 57.3. The van der Waals surface area contributed by atoms with Gasteiger partial charge < -0.3 is 19.7 Å². The van der Waals surface area contributed by atoms with Gasteiger partial charge in [-0.15, -0.1) is 11.3 Å². The third kappa shape index (κ3) is 7.32. The van der Waals surface area contributed by atoms with Crippen molar-refractivity contribution >= 4 is 35.1 Å². The van der Waals surface area contributed by atoms with Gasteiger partial charge in [-0.25, -0.2) is 4.98 Å². The zero-order valence-corrected chi connectivity index (χ0v) is 23.6. The lowest BCUT2D eigenvalue weighted by atomic mass is 10.0. The molecule has 1 aliphatic rings. The number of nitrogens with one attached hydrogen (secondary N) is 1. The summed E-state index contributed by atoms with van der Waals surface area (Å²) >= 11 is 1.39. The molecule has 2 heterocycles. The maximum Gasteiger partial charge on any atom is 0.303 e. The van der Waals surface area contributed by atoms with Gasteiger partial charge >= 0.3 is 11.9 Å². The summed E-state index contributed by atoms with van der Waals surface area (Å²) in [6, 6.07) is 17.3. The van der Waals surface area contributed by atoms with Crippen LogP contribution in [0.4, 0.5) is 0 Å². The van der Waals surface area contributed by atoms with E-state index in [0.29, 0.717) is 18.0 Å². The number of hydrogen-bond acceptors (Lipinski definition) is 8. The Labute approximate surface area is 237 Å². The van der Waals surface area contributed by atoms with Gasteiger partial charge in [0.25, 0.3) is 11.8 Å². The molecule has 3 aromatic rings. The van der Waals surface area contributed by atoms with Crippen molar-refractivity contribution in [1.82, 2.24) is 15.2 Å². The average Bonchev–Trinajstić information content (AvgIpc) is 3.60. The molecule has 0 radical (unpaired) electrons. The number of carbonyl (C=O) groups excluding carboxylic acids is 4. The first kappa shape index (κ1) is 28.9. The minimum Gasteiger partial charge on any atom is -0.448 e. The number of carbonyl (C=O) groups is 4. The number of nitrogens with zero attached hydrogens (tertiary/aromatic N) is 2. The first-order chi connectivity index (χ1) is 19.2. The Morgan fingerprint density at radius 2 is 1.68 bits per heavy atom. The van der Waals surface area contributed by atoms with Crippen LogP contribution >= 0.6 is 11.3 Å². The van der Waals surface area contributed by atoms with Crippen LogP contribution in [-0.2, 0) is 41.6 Å². The number of ether oxygens (including phenoxy) is 2. The van der Waals surface area contributed by atoms with E-state index < -0.39 is 36.0 Å². The van der Waals surface area contributed by atoms with Crippen molar-refractivity contribution in [2.45, 2.75) is 64.8 Å². The van der Waals surface area contributed by atoms with E-state index in [9.17, 15) is 19.2 Å². The van der Waals surface area contributed by atoms with Crippen molar-refractivity contribution in [3.63, 3.8) is 0 Å². The quantitative estimate of drug-likeness (QED) is 0.372. The van der Waals surface area contributed by atoms with Crippen LogP contribution < -0.4 is 5.32 Å². The highest BCUT2D eigenvalue weighted by molar-refractivity contribution is 7.09. The summed E-state index contributed by atoms with van der Waals surface area (Å²) in [5.41, 5.74) is 4.14. The number of aromatic nitrogens is 1. The molecule has 2 amide bonds. The van der Waals surface area contributed by atoms with Gasteiger partial charge in [0, 0.05) is 32.2 Å². The van der Waals surface area contributed by atoms with Gasteiger partial charge in [-0.2, -0.15) is 0 Å². The van der Waals surface area contributed by atoms with Gasteiger partial charge in [-0.3, -0.25) is 19.2 Å². The number of amides is 2. The van der Waals surface area contributed by atoms with Crippen molar-refractivity contribution in [2.24, 2.45) is 0 Å². The maximum absolute atomic E-state index is 13.7. The number of hydrogen-bond donors (Lipinski definition) is 1. The topological polar surface area (TPSA) is 115 Å². The fraction of sp³-hybridized carbons (Fsp3) is 0.367. The molecule has 0 bridgehead atoms. The lowest BCUT2D eigenvalue weighted by molar-refractivity contribution is -0.178. The van der Waals surface area contributed by atoms with E-state index in [0.717, 1.165) is 43.5 Å². The van der Waals surface area contributed by atoms with Gasteiger partial charge in [-0.1, -0.05) is 54.6 Å². The lowest BCUT2D eigenvalue weighted by Gasteiger charge is -2.31. The maximum atomic E-state index is 13.7. The van der Waals surface area contributed by atoms with E-state index in [-0.39, 0.29) is 12.6 Å². The van der Waals surface area contributed by atoms with Crippen LogP contribution in [0.25, 0.3) is 0 Å². The monoisotopic (exact) mass is 563 g/mol. The van der Waals surface area contributed by atoms with Crippen LogP contribution in [0, 0.1) is 6.92 Å². The second-order valence-electron chi connectivity index (χ2n) is 9.71.